The Balaban J connectivity index is 1.11. The fourth-order valence-electron chi connectivity index (χ4n) is 7.22. The highest BCUT2D eigenvalue weighted by Gasteiger charge is 2.45. The lowest BCUT2D eigenvalue weighted by atomic mass is 9.67. The zero-order chi connectivity index (χ0) is 37.0. The van der Waals surface area contributed by atoms with Crippen LogP contribution in [0.4, 0.5) is 11.4 Å². The van der Waals surface area contributed by atoms with Gasteiger partial charge in [-0.3, -0.25) is 9.59 Å². The second-order valence-corrected chi connectivity index (χ2v) is 14.1. The SMILES string of the molecule is CC(C)c1ccc(OCC(=O)Nc2ccc(C3(c4ccc(NC(=O)COc5ccc(C(C)C)cc5)cc4)c4ccccc4-c4ccccc43)cc2)cc1. The first-order valence-corrected chi connectivity index (χ1v) is 18.2. The second kappa shape index (κ2) is 15.2. The first-order valence-electron chi connectivity index (χ1n) is 18.2. The molecule has 53 heavy (non-hydrogen) atoms. The van der Waals surface area contributed by atoms with Crippen LogP contribution in [0.1, 0.15) is 72.9 Å². The van der Waals surface area contributed by atoms with Gasteiger partial charge < -0.3 is 20.1 Å². The predicted molar refractivity (Wildman–Crippen MR) is 213 cm³/mol. The summed E-state index contributed by atoms with van der Waals surface area (Å²) in [6.45, 7) is 8.40. The van der Waals surface area contributed by atoms with E-state index < -0.39 is 5.41 Å². The molecule has 0 bridgehead atoms. The lowest BCUT2D eigenvalue weighted by Gasteiger charge is -2.34. The molecule has 2 N–H and O–H groups in total. The second-order valence-electron chi connectivity index (χ2n) is 14.1. The van der Waals surface area contributed by atoms with Gasteiger partial charge in [-0.25, -0.2) is 0 Å². The first-order chi connectivity index (χ1) is 25.7. The molecule has 0 radical (unpaired) electrons. The summed E-state index contributed by atoms with van der Waals surface area (Å²) in [4.78, 5) is 25.8. The number of hydrogen-bond donors (Lipinski definition) is 2. The van der Waals surface area contributed by atoms with Crippen molar-refractivity contribution in [1.82, 2.24) is 0 Å². The number of carbonyl (C=O) groups excluding carboxylic acids is 2. The van der Waals surface area contributed by atoms with Crippen LogP contribution in [0.25, 0.3) is 11.1 Å². The van der Waals surface area contributed by atoms with E-state index in [9.17, 15) is 9.59 Å². The van der Waals surface area contributed by atoms with Crippen LogP contribution in [0.15, 0.2) is 146 Å². The van der Waals surface area contributed by atoms with Gasteiger partial charge in [0, 0.05) is 11.4 Å². The van der Waals surface area contributed by atoms with E-state index in [0.717, 1.165) is 11.1 Å². The Labute approximate surface area is 311 Å². The minimum absolute atomic E-state index is 0.0894. The Hall–Kier alpha value is -6.14. The Morgan fingerprint density at radius 3 is 1.21 bits per heavy atom. The molecular weight excluding hydrogens is 657 g/mol. The van der Waals surface area contributed by atoms with E-state index in [-0.39, 0.29) is 25.0 Å². The van der Waals surface area contributed by atoms with Gasteiger partial charge in [-0.15, -0.1) is 0 Å². The summed E-state index contributed by atoms with van der Waals surface area (Å²) in [7, 11) is 0. The molecule has 0 unspecified atom stereocenters. The Morgan fingerprint density at radius 2 is 0.849 bits per heavy atom. The maximum absolute atomic E-state index is 12.9. The Kier molecular flexibility index (Phi) is 10.1. The molecule has 6 nitrogen and oxygen atoms in total. The topological polar surface area (TPSA) is 76.7 Å². The summed E-state index contributed by atoms with van der Waals surface area (Å²) in [6.07, 6.45) is 0. The minimum atomic E-state index is -0.630. The van der Waals surface area contributed by atoms with Crippen molar-refractivity contribution in [2.24, 2.45) is 0 Å². The Morgan fingerprint density at radius 1 is 0.491 bits per heavy atom. The molecule has 0 aromatic heterocycles. The van der Waals surface area contributed by atoms with Crippen molar-refractivity contribution in [3.05, 3.63) is 179 Å². The van der Waals surface area contributed by atoms with Crippen molar-refractivity contribution in [2.75, 3.05) is 23.8 Å². The van der Waals surface area contributed by atoms with E-state index in [4.69, 9.17) is 9.47 Å². The van der Waals surface area contributed by atoms with Crippen LogP contribution in [0.2, 0.25) is 0 Å². The fraction of sp³-hybridized carbons (Fsp3) is 0.191. The predicted octanol–water partition coefficient (Wildman–Crippen LogP) is 10.3. The molecule has 2 amide bonds. The molecule has 0 heterocycles. The van der Waals surface area contributed by atoms with Gasteiger partial charge in [-0.1, -0.05) is 125 Å². The smallest absolute Gasteiger partial charge is 0.262 e. The fourth-order valence-corrected chi connectivity index (χ4v) is 7.22. The van der Waals surface area contributed by atoms with Crippen LogP contribution in [0.5, 0.6) is 11.5 Å². The van der Waals surface area contributed by atoms with Crippen molar-refractivity contribution >= 4 is 23.2 Å². The summed E-state index contributed by atoms with van der Waals surface area (Å²) < 4.78 is 11.5. The molecule has 0 fully saturated rings. The molecule has 6 aromatic carbocycles. The van der Waals surface area contributed by atoms with E-state index in [1.165, 1.54) is 33.4 Å². The summed E-state index contributed by atoms with van der Waals surface area (Å²) >= 11 is 0. The summed E-state index contributed by atoms with van der Waals surface area (Å²) in [5, 5.41) is 5.98. The highest BCUT2D eigenvalue weighted by Crippen LogP contribution is 2.56. The number of hydrogen-bond acceptors (Lipinski definition) is 4. The number of amides is 2. The van der Waals surface area contributed by atoms with Gasteiger partial charge in [0.25, 0.3) is 11.8 Å². The molecule has 6 aromatic rings. The molecule has 7 rings (SSSR count). The van der Waals surface area contributed by atoms with Gasteiger partial charge in [0.1, 0.15) is 11.5 Å². The van der Waals surface area contributed by atoms with Crippen LogP contribution in [0, 0.1) is 0 Å². The zero-order valence-corrected chi connectivity index (χ0v) is 30.6. The maximum Gasteiger partial charge on any atom is 0.262 e. The normalized spacial score (nSPS) is 12.6. The van der Waals surface area contributed by atoms with E-state index in [1.807, 2.05) is 72.8 Å². The monoisotopic (exact) mass is 700 g/mol. The number of ether oxygens (including phenoxy) is 2. The van der Waals surface area contributed by atoms with Gasteiger partial charge >= 0.3 is 0 Å². The molecular formula is C47H44N2O4. The highest BCUT2D eigenvalue weighted by molar-refractivity contribution is 5.93. The van der Waals surface area contributed by atoms with Gasteiger partial charge in [-0.2, -0.15) is 0 Å². The van der Waals surface area contributed by atoms with Crippen molar-refractivity contribution in [2.45, 2.75) is 44.9 Å². The molecule has 6 heteroatoms. The standard InChI is InChI=1S/C47H44N2O4/c1-31(2)33-13-25-39(26-14-33)52-29-45(50)48-37-21-17-35(18-22-37)47(43-11-7-5-9-41(43)42-10-6-8-12-44(42)47)36-19-23-38(24-20-36)49-46(51)30-53-40-27-15-34(16-28-40)32(3)4/h5-28,31-32H,29-30H2,1-4H3,(H,48,50)(H,49,51). The van der Waals surface area contributed by atoms with Crippen molar-refractivity contribution in [1.29, 1.82) is 0 Å². The molecule has 0 aliphatic heterocycles. The van der Waals surface area contributed by atoms with Crippen molar-refractivity contribution in [3.63, 3.8) is 0 Å². The van der Waals surface area contributed by atoms with Crippen LogP contribution in [-0.4, -0.2) is 25.0 Å². The number of benzene rings is 6. The molecule has 0 atom stereocenters. The average molecular weight is 701 g/mol. The van der Waals surface area contributed by atoms with Crippen LogP contribution in [0.3, 0.4) is 0 Å². The molecule has 0 spiro atoms. The van der Waals surface area contributed by atoms with Crippen LogP contribution >= 0.6 is 0 Å². The van der Waals surface area contributed by atoms with Gasteiger partial charge in [0.15, 0.2) is 13.2 Å². The van der Waals surface area contributed by atoms with E-state index in [1.54, 1.807) is 0 Å². The third-order valence-corrected chi connectivity index (χ3v) is 9.99. The number of nitrogens with one attached hydrogen (secondary N) is 2. The first kappa shape index (κ1) is 35.3. The number of fused-ring (bicyclic) bond motifs is 3. The summed E-state index contributed by atoms with van der Waals surface area (Å²) in [5.74, 6) is 1.71. The maximum atomic E-state index is 12.9. The minimum Gasteiger partial charge on any atom is -0.484 e. The lowest BCUT2D eigenvalue weighted by Crippen LogP contribution is -2.28. The highest BCUT2D eigenvalue weighted by atomic mass is 16.5. The molecule has 0 saturated carbocycles. The van der Waals surface area contributed by atoms with E-state index >= 15 is 0 Å². The quantitative estimate of drug-likeness (QED) is 0.133. The summed E-state index contributed by atoms with van der Waals surface area (Å²) in [6, 6.07) is 48.9. The van der Waals surface area contributed by atoms with Crippen LogP contribution in [-0.2, 0) is 15.0 Å². The van der Waals surface area contributed by atoms with E-state index in [2.05, 4.69) is 111 Å². The van der Waals surface area contributed by atoms with Gasteiger partial charge in [-0.05, 0) is 105 Å². The third-order valence-electron chi connectivity index (χ3n) is 9.99. The van der Waals surface area contributed by atoms with Gasteiger partial charge in [0.05, 0.1) is 5.41 Å². The Bertz CT molecular complexity index is 2040. The summed E-state index contributed by atoms with van der Waals surface area (Å²) in [5.41, 5.74) is 9.99. The lowest BCUT2D eigenvalue weighted by molar-refractivity contribution is -0.118. The van der Waals surface area contributed by atoms with Gasteiger partial charge in [0.2, 0.25) is 0 Å². The number of anilines is 2. The molecule has 1 aliphatic carbocycles. The average Bonchev–Trinajstić information content (AvgIpc) is 3.48. The van der Waals surface area contributed by atoms with Crippen molar-refractivity contribution in [3.8, 4) is 22.6 Å². The van der Waals surface area contributed by atoms with Crippen LogP contribution < -0.4 is 20.1 Å². The third kappa shape index (κ3) is 7.31. The number of carbonyl (C=O) groups is 2. The van der Waals surface area contributed by atoms with Crippen molar-refractivity contribution < 1.29 is 19.1 Å². The zero-order valence-electron chi connectivity index (χ0n) is 30.6. The number of rotatable bonds is 12. The molecule has 266 valence electrons. The molecule has 1 aliphatic rings. The largest absolute Gasteiger partial charge is 0.484 e. The molecule has 0 saturated heterocycles. The van der Waals surface area contributed by atoms with E-state index in [0.29, 0.717) is 34.7 Å².